The maximum atomic E-state index is 12.1. The summed E-state index contributed by atoms with van der Waals surface area (Å²) in [5, 5.41) is 9.28. The highest BCUT2D eigenvalue weighted by molar-refractivity contribution is 8.13. The summed E-state index contributed by atoms with van der Waals surface area (Å²) in [5.74, 6) is 0.331. The molecule has 0 radical (unpaired) electrons. The van der Waals surface area contributed by atoms with E-state index in [1.807, 2.05) is 0 Å². The number of H-pyrrole nitrogens is 1. The minimum absolute atomic E-state index is 0.111. The van der Waals surface area contributed by atoms with Crippen LogP contribution < -0.4 is 5.32 Å². The highest BCUT2D eigenvalue weighted by Crippen LogP contribution is 2.43. The van der Waals surface area contributed by atoms with Crippen LogP contribution in [0.1, 0.15) is 60.6 Å². The normalized spacial score (nSPS) is 19.3. The van der Waals surface area contributed by atoms with Crippen molar-refractivity contribution in [3.63, 3.8) is 0 Å². The van der Waals surface area contributed by atoms with Crippen molar-refractivity contribution < 1.29 is 13.2 Å². The lowest BCUT2D eigenvalue weighted by Gasteiger charge is -2.25. The minimum atomic E-state index is -3.99. The van der Waals surface area contributed by atoms with Gasteiger partial charge in [0.2, 0.25) is 0 Å². The molecule has 1 aromatic rings. The number of carbonyl (C=O) groups is 1. The van der Waals surface area contributed by atoms with Crippen molar-refractivity contribution in [1.82, 2.24) is 15.5 Å². The van der Waals surface area contributed by atoms with Crippen LogP contribution in [0, 0.1) is 5.92 Å². The van der Waals surface area contributed by atoms with Crippen molar-refractivity contribution in [2.45, 2.75) is 49.3 Å². The minimum Gasteiger partial charge on any atom is -0.351 e. The van der Waals surface area contributed by atoms with Gasteiger partial charge in [-0.1, -0.05) is 19.3 Å². The predicted molar refractivity (Wildman–Crippen MR) is 77.9 cm³/mol. The fraction of sp³-hybridized carbons (Fsp3) is 0.692. The second-order valence-electron chi connectivity index (χ2n) is 5.87. The van der Waals surface area contributed by atoms with Gasteiger partial charge in [0, 0.05) is 23.1 Å². The molecule has 0 bridgehead atoms. The second kappa shape index (κ2) is 5.61. The standard InChI is InChI=1S/C13H18ClN3O3S/c14-21(19,20)12-10(9-4-5-9)16-17-11(12)13(18)15-7-6-8-2-1-3-8/h8-9H,1-7H2,(H,15,18)(H,16,17). The molecule has 0 aromatic carbocycles. The van der Waals surface area contributed by atoms with Crippen LogP contribution in [0.15, 0.2) is 4.90 Å². The third kappa shape index (κ3) is 3.23. The highest BCUT2D eigenvalue weighted by Gasteiger charge is 2.36. The van der Waals surface area contributed by atoms with Gasteiger partial charge < -0.3 is 5.32 Å². The first kappa shape index (κ1) is 14.8. The lowest BCUT2D eigenvalue weighted by molar-refractivity contribution is 0.0940. The Hall–Kier alpha value is -1.08. The molecule has 2 saturated carbocycles. The summed E-state index contributed by atoms with van der Waals surface area (Å²) in [5.41, 5.74) is 0.356. The van der Waals surface area contributed by atoms with Crippen molar-refractivity contribution in [1.29, 1.82) is 0 Å². The monoisotopic (exact) mass is 331 g/mol. The molecule has 2 aliphatic carbocycles. The number of aromatic amines is 1. The predicted octanol–water partition coefficient (Wildman–Crippen LogP) is 2.13. The molecule has 21 heavy (non-hydrogen) atoms. The third-order valence-corrected chi connectivity index (χ3v) is 5.62. The lowest BCUT2D eigenvalue weighted by atomic mass is 9.83. The van der Waals surface area contributed by atoms with E-state index in [-0.39, 0.29) is 16.5 Å². The van der Waals surface area contributed by atoms with Crippen LogP contribution in [0.25, 0.3) is 0 Å². The zero-order valence-electron chi connectivity index (χ0n) is 11.6. The number of carbonyl (C=O) groups excluding carboxylic acids is 1. The van der Waals surface area contributed by atoms with Crippen LogP contribution in [0.4, 0.5) is 0 Å². The molecule has 8 heteroatoms. The average Bonchev–Trinajstić information content (AvgIpc) is 3.09. The molecule has 6 nitrogen and oxygen atoms in total. The lowest BCUT2D eigenvalue weighted by Crippen LogP contribution is -2.28. The van der Waals surface area contributed by atoms with Crippen LogP contribution in [-0.2, 0) is 9.05 Å². The SMILES string of the molecule is O=C(NCCC1CCC1)c1n[nH]c(C2CC2)c1S(=O)(=O)Cl. The summed E-state index contributed by atoms with van der Waals surface area (Å²) in [4.78, 5) is 12.0. The van der Waals surface area contributed by atoms with Gasteiger partial charge in [-0.25, -0.2) is 8.42 Å². The summed E-state index contributed by atoms with van der Waals surface area (Å²) in [7, 11) is 1.49. The van der Waals surface area contributed by atoms with E-state index in [9.17, 15) is 13.2 Å². The fourth-order valence-electron chi connectivity index (χ4n) is 2.65. The molecule has 2 fully saturated rings. The van der Waals surface area contributed by atoms with Crippen LogP contribution in [-0.4, -0.2) is 31.1 Å². The summed E-state index contributed by atoms with van der Waals surface area (Å²) >= 11 is 0. The van der Waals surface area contributed by atoms with E-state index in [4.69, 9.17) is 10.7 Å². The molecular weight excluding hydrogens is 314 g/mol. The topological polar surface area (TPSA) is 91.9 Å². The van der Waals surface area contributed by atoms with Gasteiger partial charge in [0.15, 0.2) is 5.69 Å². The molecule has 1 amide bonds. The molecule has 1 aromatic heterocycles. The van der Waals surface area contributed by atoms with Crippen molar-refractivity contribution in [2.75, 3.05) is 6.54 Å². The number of rotatable bonds is 6. The second-order valence-corrected chi connectivity index (χ2v) is 8.37. The van der Waals surface area contributed by atoms with Gasteiger partial charge in [0.25, 0.3) is 15.0 Å². The first-order valence-electron chi connectivity index (χ1n) is 7.28. The first-order chi connectivity index (χ1) is 9.97. The molecule has 1 heterocycles. The van der Waals surface area contributed by atoms with Crippen molar-refractivity contribution in [2.24, 2.45) is 5.92 Å². The Labute approximate surface area is 128 Å². The van der Waals surface area contributed by atoms with Crippen molar-refractivity contribution in [3.05, 3.63) is 11.4 Å². The molecule has 0 saturated heterocycles. The number of aromatic nitrogens is 2. The number of halogens is 1. The Balaban J connectivity index is 1.72. The van der Waals surface area contributed by atoms with E-state index in [0.717, 1.165) is 19.3 Å². The van der Waals surface area contributed by atoms with Gasteiger partial charge in [-0.05, 0) is 25.2 Å². The number of nitrogens with one attached hydrogen (secondary N) is 2. The molecule has 2 aliphatic rings. The van der Waals surface area contributed by atoms with Gasteiger partial charge in [0.1, 0.15) is 4.90 Å². The summed E-state index contributed by atoms with van der Waals surface area (Å²) < 4.78 is 23.5. The molecule has 3 rings (SSSR count). The molecule has 2 N–H and O–H groups in total. The van der Waals surface area contributed by atoms with Crippen LogP contribution in [0.5, 0.6) is 0 Å². The average molecular weight is 332 g/mol. The largest absolute Gasteiger partial charge is 0.351 e. The van der Waals surface area contributed by atoms with Crippen LogP contribution in [0.2, 0.25) is 0 Å². The zero-order valence-corrected chi connectivity index (χ0v) is 13.1. The van der Waals surface area contributed by atoms with Gasteiger partial charge in [-0.3, -0.25) is 9.89 Å². The molecule has 0 aliphatic heterocycles. The Morgan fingerprint density at radius 3 is 2.57 bits per heavy atom. The number of hydrogen-bond donors (Lipinski definition) is 2. The smallest absolute Gasteiger partial charge is 0.273 e. The third-order valence-electron chi connectivity index (χ3n) is 4.26. The highest BCUT2D eigenvalue weighted by atomic mass is 35.7. The summed E-state index contributed by atoms with van der Waals surface area (Å²) in [6.07, 6.45) is 6.40. The summed E-state index contributed by atoms with van der Waals surface area (Å²) in [6, 6.07) is 0. The Morgan fingerprint density at radius 1 is 1.33 bits per heavy atom. The number of nitrogens with zero attached hydrogens (tertiary/aromatic N) is 1. The Kier molecular flexibility index (Phi) is 3.96. The maximum absolute atomic E-state index is 12.1. The van der Waals surface area contributed by atoms with Crippen LogP contribution >= 0.6 is 10.7 Å². The first-order valence-corrected chi connectivity index (χ1v) is 9.59. The molecule has 116 valence electrons. The fourth-order valence-corrected chi connectivity index (χ4v) is 3.96. The van der Waals surface area contributed by atoms with E-state index in [0.29, 0.717) is 18.2 Å². The molecule has 0 spiro atoms. The van der Waals surface area contributed by atoms with E-state index in [2.05, 4.69) is 15.5 Å². The summed E-state index contributed by atoms with van der Waals surface area (Å²) in [6.45, 7) is 0.539. The Bertz CT molecular complexity index is 648. The number of hydrogen-bond acceptors (Lipinski definition) is 4. The molecule has 0 atom stereocenters. The quantitative estimate of drug-likeness (QED) is 0.781. The van der Waals surface area contributed by atoms with E-state index >= 15 is 0 Å². The van der Waals surface area contributed by atoms with Gasteiger partial charge in [-0.2, -0.15) is 5.10 Å². The van der Waals surface area contributed by atoms with Gasteiger partial charge in [-0.15, -0.1) is 0 Å². The van der Waals surface area contributed by atoms with E-state index < -0.39 is 15.0 Å². The molecular formula is C13H18ClN3O3S. The Morgan fingerprint density at radius 2 is 2.05 bits per heavy atom. The zero-order chi connectivity index (χ0) is 15.0. The van der Waals surface area contributed by atoms with Gasteiger partial charge in [0.05, 0.1) is 5.69 Å². The van der Waals surface area contributed by atoms with E-state index in [1.165, 1.54) is 19.3 Å². The van der Waals surface area contributed by atoms with Crippen molar-refractivity contribution >= 4 is 25.6 Å². The maximum Gasteiger partial charge on any atom is 0.273 e. The van der Waals surface area contributed by atoms with Gasteiger partial charge >= 0.3 is 0 Å². The van der Waals surface area contributed by atoms with E-state index in [1.54, 1.807) is 0 Å². The van der Waals surface area contributed by atoms with Crippen LogP contribution in [0.3, 0.4) is 0 Å². The number of amides is 1. The molecule has 0 unspecified atom stereocenters. The van der Waals surface area contributed by atoms with Crippen molar-refractivity contribution in [3.8, 4) is 0 Å².